The Kier molecular flexibility index (Phi) is 9.57. The highest BCUT2D eigenvalue weighted by molar-refractivity contribution is 14.1. The Hall–Kier alpha value is -1.61. The Morgan fingerprint density at radius 1 is 1.06 bits per heavy atom. The van der Waals surface area contributed by atoms with Gasteiger partial charge in [-0.15, -0.1) is 0 Å². The summed E-state index contributed by atoms with van der Waals surface area (Å²) in [5.74, 6) is 0.0807. The molecule has 0 aliphatic heterocycles. The van der Waals surface area contributed by atoms with Gasteiger partial charge in [0, 0.05) is 10.5 Å². The molecule has 0 radical (unpaired) electrons. The lowest BCUT2D eigenvalue weighted by atomic mass is 10.1. The first-order chi connectivity index (χ1) is 14.9. The van der Waals surface area contributed by atoms with Crippen LogP contribution in [0.5, 0.6) is 0 Å². The number of nitrogens with zero attached hydrogens (tertiary/aromatic N) is 1. The molecule has 0 aromatic heterocycles. The molecule has 5 nitrogen and oxygen atoms in total. The van der Waals surface area contributed by atoms with Crippen LogP contribution in [0.1, 0.15) is 57.7 Å². The largest absolute Gasteiger partial charge is 0.444 e. The fourth-order valence-corrected chi connectivity index (χ4v) is 6.57. The number of amides is 1. The van der Waals surface area contributed by atoms with E-state index >= 15 is 0 Å². The summed E-state index contributed by atoms with van der Waals surface area (Å²) in [6.07, 6.45) is 1.02. The van der Waals surface area contributed by atoms with E-state index in [1.54, 1.807) is 17.0 Å². The smallest absolute Gasteiger partial charge is 0.410 e. The van der Waals surface area contributed by atoms with Crippen molar-refractivity contribution in [3.05, 3.63) is 65.7 Å². The van der Waals surface area contributed by atoms with Crippen molar-refractivity contribution in [3.63, 3.8) is 0 Å². The third kappa shape index (κ3) is 8.39. The summed E-state index contributed by atoms with van der Waals surface area (Å²) in [6, 6.07) is 16.7. The van der Waals surface area contributed by atoms with Crippen LogP contribution in [0, 0.1) is 6.92 Å². The van der Waals surface area contributed by atoms with Crippen molar-refractivity contribution in [3.8, 4) is 0 Å². The quantitative estimate of drug-likeness (QED) is 0.260. The topological polar surface area (TPSA) is 63.7 Å². The minimum atomic E-state index is -3.34. The van der Waals surface area contributed by atoms with E-state index in [1.165, 1.54) is 0 Å². The molecule has 0 bridgehead atoms. The Morgan fingerprint density at radius 3 is 2.22 bits per heavy atom. The summed E-state index contributed by atoms with van der Waals surface area (Å²) >= 11 is 2.20. The molecule has 0 aliphatic rings. The fraction of sp³-hybridized carbons (Fsp3) is 0.480. The molecule has 2 atom stereocenters. The van der Waals surface area contributed by atoms with Crippen LogP contribution in [0.4, 0.5) is 4.79 Å². The van der Waals surface area contributed by atoms with Crippen LogP contribution in [0.25, 0.3) is 0 Å². The van der Waals surface area contributed by atoms with Crippen LogP contribution >= 0.6 is 22.6 Å². The lowest BCUT2D eigenvalue weighted by molar-refractivity contribution is 0.0170. The van der Waals surface area contributed by atoms with Crippen molar-refractivity contribution in [2.75, 3.05) is 12.3 Å². The van der Waals surface area contributed by atoms with Gasteiger partial charge in [-0.2, -0.15) is 0 Å². The zero-order valence-electron chi connectivity index (χ0n) is 19.5. The molecule has 0 N–H and O–H groups in total. The highest BCUT2D eigenvalue weighted by atomic mass is 127. The third-order valence-electron chi connectivity index (χ3n) is 5.07. The highest BCUT2D eigenvalue weighted by Gasteiger charge is 2.27. The van der Waals surface area contributed by atoms with E-state index in [0.717, 1.165) is 11.1 Å². The number of rotatable bonds is 9. The second-order valence-corrected chi connectivity index (χ2v) is 12.9. The van der Waals surface area contributed by atoms with Gasteiger partial charge in [0.15, 0.2) is 9.84 Å². The minimum Gasteiger partial charge on any atom is -0.444 e. The SMILES string of the molecule is Cc1ccc(S(=O)(=O)CC(I)CCCN(C(=O)OC(C)(C)C)[C@H](C)c2ccccc2)cc1. The number of hydrogen-bond acceptors (Lipinski definition) is 4. The Labute approximate surface area is 206 Å². The number of sulfone groups is 1. The molecule has 1 unspecified atom stereocenters. The van der Waals surface area contributed by atoms with Gasteiger partial charge >= 0.3 is 6.09 Å². The maximum atomic E-state index is 12.9. The summed E-state index contributed by atoms with van der Waals surface area (Å²) in [4.78, 5) is 15.0. The summed E-state index contributed by atoms with van der Waals surface area (Å²) in [5.41, 5.74) is 1.48. The first kappa shape index (κ1) is 26.6. The van der Waals surface area contributed by atoms with Gasteiger partial charge in [-0.25, -0.2) is 13.2 Å². The van der Waals surface area contributed by atoms with Crippen LogP contribution in [-0.2, 0) is 14.6 Å². The first-order valence-corrected chi connectivity index (χ1v) is 13.8. The summed E-state index contributed by atoms with van der Waals surface area (Å²) in [7, 11) is -3.34. The van der Waals surface area contributed by atoms with Gasteiger partial charge in [-0.3, -0.25) is 0 Å². The number of hydrogen-bond donors (Lipinski definition) is 0. The molecule has 1 amide bonds. The molecule has 32 heavy (non-hydrogen) atoms. The van der Waals surface area contributed by atoms with Gasteiger partial charge in [0.05, 0.1) is 16.7 Å². The van der Waals surface area contributed by atoms with Gasteiger partial charge in [0.25, 0.3) is 0 Å². The standard InChI is InChI=1S/C25H34INO4S/c1-19-13-15-23(16-14-19)32(29,30)18-22(26)12-9-17-27(24(28)31-25(3,4)5)20(2)21-10-7-6-8-11-21/h6-8,10-11,13-16,20,22H,9,12,17-18H2,1-5H3/t20-,22?/m1/s1. The third-order valence-corrected chi connectivity index (χ3v) is 8.57. The van der Waals surface area contributed by atoms with Crippen molar-refractivity contribution >= 4 is 38.5 Å². The Balaban J connectivity index is 2.02. The first-order valence-electron chi connectivity index (χ1n) is 10.9. The van der Waals surface area contributed by atoms with Crippen LogP contribution in [0.15, 0.2) is 59.5 Å². The maximum absolute atomic E-state index is 12.9. The molecule has 2 aromatic rings. The van der Waals surface area contributed by atoms with Crippen LogP contribution in [-0.4, -0.2) is 41.2 Å². The average Bonchev–Trinajstić information content (AvgIpc) is 2.70. The fourth-order valence-electron chi connectivity index (χ4n) is 3.32. The second kappa shape index (κ2) is 11.5. The van der Waals surface area contributed by atoms with Crippen LogP contribution in [0.3, 0.4) is 0 Å². The Morgan fingerprint density at radius 2 is 1.66 bits per heavy atom. The number of aryl methyl sites for hydroxylation is 1. The van der Waals surface area contributed by atoms with Crippen molar-refractivity contribution in [2.24, 2.45) is 0 Å². The van der Waals surface area contributed by atoms with Gasteiger partial charge in [-0.05, 0) is 65.2 Å². The molecule has 0 aliphatic carbocycles. The number of halogens is 1. The van der Waals surface area contributed by atoms with Crippen LogP contribution < -0.4 is 0 Å². The van der Waals surface area contributed by atoms with Crippen molar-refractivity contribution in [2.45, 2.75) is 67.9 Å². The van der Waals surface area contributed by atoms with Gasteiger partial charge < -0.3 is 9.64 Å². The number of alkyl halides is 1. The van der Waals surface area contributed by atoms with E-state index in [2.05, 4.69) is 22.6 Å². The summed E-state index contributed by atoms with van der Waals surface area (Å²) < 4.78 is 31.0. The monoisotopic (exact) mass is 571 g/mol. The lowest BCUT2D eigenvalue weighted by Gasteiger charge is -2.32. The minimum absolute atomic E-state index is 0.0496. The molecule has 0 saturated carbocycles. The number of carbonyl (C=O) groups excluding carboxylic acids is 1. The number of benzene rings is 2. The maximum Gasteiger partial charge on any atom is 0.410 e. The van der Waals surface area contributed by atoms with Crippen molar-refractivity contribution in [1.29, 1.82) is 0 Å². The van der Waals surface area contributed by atoms with Gasteiger partial charge in [0.1, 0.15) is 5.60 Å². The van der Waals surface area contributed by atoms with Gasteiger partial charge in [0.2, 0.25) is 0 Å². The van der Waals surface area contributed by atoms with Gasteiger partial charge in [-0.1, -0.05) is 70.6 Å². The molecule has 0 fully saturated rings. The summed E-state index contributed by atoms with van der Waals surface area (Å²) in [6.45, 7) is 9.98. The van der Waals surface area contributed by atoms with E-state index < -0.39 is 15.4 Å². The molecular weight excluding hydrogens is 537 g/mol. The van der Waals surface area contributed by atoms with E-state index in [1.807, 2.05) is 77.1 Å². The molecule has 0 heterocycles. The predicted octanol–water partition coefficient (Wildman–Crippen LogP) is 6.35. The van der Waals surface area contributed by atoms with E-state index in [9.17, 15) is 13.2 Å². The number of ether oxygens (including phenoxy) is 1. The van der Waals surface area contributed by atoms with Crippen molar-refractivity contribution in [1.82, 2.24) is 4.90 Å². The van der Waals surface area contributed by atoms with Crippen LogP contribution in [0.2, 0.25) is 0 Å². The molecule has 2 rings (SSSR count). The van der Waals surface area contributed by atoms with Crippen molar-refractivity contribution < 1.29 is 17.9 Å². The van der Waals surface area contributed by atoms with E-state index in [4.69, 9.17) is 4.74 Å². The zero-order valence-corrected chi connectivity index (χ0v) is 22.5. The zero-order chi connectivity index (χ0) is 23.9. The average molecular weight is 572 g/mol. The molecular formula is C25H34INO4S. The Bertz CT molecular complexity index is 969. The molecule has 7 heteroatoms. The number of carbonyl (C=O) groups is 1. The van der Waals surface area contributed by atoms with E-state index in [0.29, 0.717) is 24.3 Å². The van der Waals surface area contributed by atoms with E-state index in [-0.39, 0.29) is 21.8 Å². The summed E-state index contributed by atoms with van der Waals surface area (Å²) in [5, 5.41) is 0. The molecule has 0 saturated heterocycles. The molecule has 176 valence electrons. The highest BCUT2D eigenvalue weighted by Crippen LogP contribution is 2.25. The normalized spacial score (nSPS) is 13.9. The predicted molar refractivity (Wildman–Crippen MR) is 138 cm³/mol. The second-order valence-electron chi connectivity index (χ2n) is 9.09. The molecule has 2 aromatic carbocycles. The molecule has 0 spiro atoms. The lowest BCUT2D eigenvalue weighted by Crippen LogP contribution is -2.39.